The van der Waals surface area contributed by atoms with Gasteiger partial charge in [0, 0.05) is 29.2 Å². The molecule has 2 rings (SSSR count). The van der Waals surface area contributed by atoms with Crippen molar-refractivity contribution in [3.63, 3.8) is 0 Å². The Bertz CT molecular complexity index is 509. The highest BCUT2D eigenvalue weighted by atomic mass is 35.5. The van der Waals surface area contributed by atoms with Crippen LogP contribution in [0.15, 0.2) is 18.2 Å². The lowest BCUT2D eigenvalue weighted by atomic mass is 9.54. The average molecular weight is 316 g/mol. The number of benzene rings is 1. The fourth-order valence-electron chi connectivity index (χ4n) is 3.03. The van der Waals surface area contributed by atoms with Crippen molar-refractivity contribution in [2.24, 2.45) is 5.41 Å². The van der Waals surface area contributed by atoms with E-state index in [1.54, 1.807) is 12.1 Å². The van der Waals surface area contributed by atoms with Crippen molar-refractivity contribution in [2.75, 3.05) is 13.2 Å². The molecule has 0 saturated heterocycles. The monoisotopic (exact) mass is 315 g/mol. The minimum Gasteiger partial charge on any atom is -0.394 e. The van der Waals surface area contributed by atoms with E-state index in [1.807, 2.05) is 6.92 Å². The van der Waals surface area contributed by atoms with Gasteiger partial charge in [-0.2, -0.15) is 0 Å². The maximum Gasteiger partial charge on any atom is 0.129 e. The van der Waals surface area contributed by atoms with E-state index in [1.165, 1.54) is 6.07 Å². The smallest absolute Gasteiger partial charge is 0.129 e. The lowest BCUT2D eigenvalue weighted by molar-refractivity contribution is -0.177. The molecule has 118 valence electrons. The normalized spacial score (nSPS) is 27.4. The van der Waals surface area contributed by atoms with Gasteiger partial charge in [-0.15, -0.1) is 0 Å². The quantitative estimate of drug-likeness (QED) is 0.847. The summed E-state index contributed by atoms with van der Waals surface area (Å²) >= 11 is 5.75. The molecular formula is C16H23ClFNO2. The van der Waals surface area contributed by atoms with Gasteiger partial charge in [-0.05, 0) is 25.5 Å². The first-order chi connectivity index (χ1) is 9.86. The first-order valence-corrected chi connectivity index (χ1v) is 7.65. The molecule has 2 unspecified atom stereocenters. The molecule has 1 saturated carbocycles. The van der Waals surface area contributed by atoms with Crippen molar-refractivity contribution < 1.29 is 14.2 Å². The Hall–Kier alpha value is -0.680. The first-order valence-electron chi connectivity index (χ1n) is 7.27. The van der Waals surface area contributed by atoms with Crippen LogP contribution < -0.4 is 5.32 Å². The predicted molar refractivity (Wildman–Crippen MR) is 81.9 cm³/mol. The molecule has 0 heterocycles. The molecule has 1 fully saturated rings. The van der Waals surface area contributed by atoms with E-state index in [2.05, 4.69) is 19.2 Å². The summed E-state index contributed by atoms with van der Waals surface area (Å²) in [7, 11) is 0. The molecule has 0 aromatic heterocycles. The number of hydrogen-bond donors (Lipinski definition) is 2. The predicted octanol–water partition coefficient (Wildman–Crippen LogP) is 3.13. The van der Waals surface area contributed by atoms with Gasteiger partial charge in [-0.25, -0.2) is 4.39 Å². The number of ether oxygens (including phenoxy) is 1. The summed E-state index contributed by atoms with van der Waals surface area (Å²) in [6, 6.07) is 4.64. The Labute approximate surface area is 130 Å². The minimum atomic E-state index is -0.446. The van der Waals surface area contributed by atoms with Crippen molar-refractivity contribution >= 4 is 11.6 Å². The van der Waals surface area contributed by atoms with E-state index in [0.717, 1.165) is 6.42 Å². The molecule has 0 amide bonds. The minimum absolute atomic E-state index is 0.00121. The second-order valence-corrected chi connectivity index (χ2v) is 6.64. The van der Waals surface area contributed by atoms with Crippen molar-refractivity contribution in [1.29, 1.82) is 0 Å². The highest BCUT2D eigenvalue weighted by Crippen LogP contribution is 2.51. The number of aliphatic hydroxyl groups excluding tert-OH is 1. The summed E-state index contributed by atoms with van der Waals surface area (Å²) in [6.45, 7) is 7.11. The van der Waals surface area contributed by atoms with E-state index in [9.17, 15) is 9.50 Å². The average Bonchev–Trinajstić information content (AvgIpc) is 2.43. The largest absolute Gasteiger partial charge is 0.394 e. The van der Waals surface area contributed by atoms with Crippen LogP contribution in [0.5, 0.6) is 0 Å². The van der Waals surface area contributed by atoms with Gasteiger partial charge in [-0.3, -0.25) is 0 Å². The molecule has 1 aliphatic carbocycles. The third-order valence-corrected chi connectivity index (χ3v) is 5.08. The van der Waals surface area contributed by atoms with Gasteiger partial charge >= 0.3 is 0 Å². The molecule has 2 atom stereocenters. The van der Waals surface area contributed by atoms with Crippen LogP contribution in [0, 0.1) is 11.2 Å². The van der Waals surface area contributed by atoms with Crippen LogP contribution in [-0.2, 0) is 11.3 Å². The van der Waals surface area contributed by atoms with E-state index in [-0.39, 0.29) is 23.9 Å². The zero-order valence-corrected chi connectivity index (χ0v) is 13.5. The molecule has 1 aliphatic rings. The fourth-order valence-corrected chi connectivity index (χ4v) is 3.19. The number of rotatable bonds is 6. The Morgan fingerprint density at radius 1 is 1.48 bits per heavy atom. The number of nitrogens with one attached hydrogen (secondary N) is 1. The Kier molecular flexibility index (Phi) is 4.93. The number of aliphatic hydroxyl groups is 1. The van der Waals surface area contributed by atoms with Gasteiger partial charge in [0.05, 0.1) is 18.2 Å². The van der Waals surface area contributed by atoms with Crippen LogP contribution in [-0.4, -0.2) is 30.0 Å². The summed E-state index contributed by atoms with van der Waals surface area (Å²) in [6.07, 6.45) is 0.830. The van der Waals surface area contributed by atoms with Crippen molar-refractivity contribution in [3.05, 3.63) is 34.6 Å². The van der Waals surface area contributed by atoms with Crippen molar-refractivity contribution in [2.45, 2.75) is 45.4 Å². The molecule has 2 N–H and O–H groups in total. The first kappa shape index (κ1) is 16.7. The topological polar surface area (TPSA) is 41.5 Å². The Morgan fingerprint density at radius 2 is 2.19 bits per heavy atom. The molecule has 5 heteroatoms. The lowest BCUT2D eigenvalue weighted by Gasteiger charge is -2.60. The van der Waals surface area contributed by atoms with Crippen LogP contribution in [0.1, 0.15) is 32.8 Å². The molecule has 1 aromatic rings. The summed E-state index contributed by atoms with van der Waals surface area (Å²) in [5, 5.41) is 13.5. The van der Waals surface area contributed by atoms with Crippen LogP contribution in [0.4, 0.5) is 4.39 Å². The number of hydrogen-bond acceptors (Lipinski definition) is 3. The molecule has 0 radical (unpaired) electrons. The van der Waals surface area contributed by atoms with Crippen LogP contribution in [0.3, 0.4) is 0 Å². The van der Waals surface area contributed by atoms with Crippen molar-refractivity contribution in [3.8, 4) is 0 Å². The Balaban J connectivity index is 2.07. The lowest BCUT2D eigenvalue weighted by Crippen LogP contribution is -2.73. The van der Waals surface area contributed by atoms with Gasteiger partial charge in [0.25, 0.3) is 0 Å². The maximum absolute atomic E-state index is 13.8. The van der Waals surface area contributed by atoms with E-state index in [4.69, 9.17) is 16.3 Å². The summed E-state index contributed by atoms with van der Waals surface area (Å²) in [4.78, 5) is 0. The fraction of sp³-hybridized carbons (Fsp3) is 0.625. The molecule has 0 bridgehead atoms. The van der Waals surface area contributed by atoms with E-state index < -0.39 is 5.54 Å². The molecule has 1 aromatic carbocycles. The Morgan fingerprint density at radius 3 is 2.71 bits per heavy atom. The van der Waals surface area contributed by atoms with Crippen LogP contribution >= 0.6 is 11.6 Å². The highest BCUT2D eigenvalue weighted by Gasteiger charge is 2.60. The maximum atomic E-state index is 13.8. The molecule has 3 nitrogen and oxygen atoms in total. The summed E-state index contributed by atoms with van der Waals surface area (Å²) in [5.41, 5.74) is -0.109. The second-order valence-electron chi connectivity index (χ2n) is 6.20. The van der Waals surface area contributed by atoms with Gasteiger partial charge < -0.3 is 15.2 Å². The standard InChI is InChI=1S/C16H23ClFNO2/c1-4-21-14-8-16(10-20,15(14,2)3)19-9-11-5-6-12(17)7-13(11)18/h5-7,14,19-20H,4,8-10H2,1-3H3. The zero-order chi connectivity index (χ0) is 15.7. The van der Waals surface area contributed by atoms with Gasteiger partial charge in [-0.1, -0.05) is 31.5 Å². The second kappa shape index (κ2) is 6.21. The summed E-state index contributed by atoms with van der Waals surface area (Å²) in [5.74, 6) is -0.332. The molecule has 21 heavy (non-hydrogen) atoms. The molecule has 0 aliphatic heterocycles. The van der Waals surface area contributed by atoms with Crippen molar-refractivity contribution in [1.82, 2.24) is 5.32 Å². The SMILES string of the molecule is CCOC1CC(CO)(NCc2ccc(Cl)cc2F)C1(C)C. The third kappa shape index (κ3) is 2.95. The highest BCUT2D eigenvalue weighted by molar-refractivity contribution is 6.30. The molecule has 0 spiro atoms. The zero-order valence-electron chi connectivity index (χ0n) is 12.7. The van der Waals surface area contributed by atoms with Gasteiger partial charge in [0.2, 0.25) is 0 Å². The van der Waals surface area contributed by atoms with E-state index >= 15 is 0 Å². The van der Waals surface area contributed by atoms with Gasteiger partial charge in [0.15, 0.2) is 0 Å². The number of halogens is 2. The van der Waals surface area contributed by atoms with Gasteiger partial charge in [0.1, 0.15) is 5.82 Å². The molecular weight excluding hydrogens is 293 g/mol. The van der Waals surface area contributed by atoms with Crippen LogP contribution in [0.25, 0.3) is 0 Å². The van der Waals surface area contributed by atoms with E-state index in [0.29, 0.717) is 23.7 Å². The summed E-state index contributed by atoms with van der Waals surface area (Å²) < 4.78 is 19.5. The van der Waals surface area contributed by atoms with Crippen LogP contribution in [0.2, 0.25) is 5.02 Å². The third-order valence-electron chi connectivity index (χ3n) is 4.84.